The van der Waals surface area contributed by atoms with E-state index in [-0.39, 0.29) is 0 Å². The number of esters is 4. The normalized spacial score (nSPS) is 11.9. The number of methoxy groups -OCH3 is 4. The van der Waals surface area contributed by atoms with Crippen LogP contribution in [0.15, 0.2) is 22.9 Å². The van der Waals surface area contributed by atoms with Gasteiger partial charge in [0.2, 0.25) is 0 Å². The Morgan fingerprint density at radius 2 is 1.24 bits per heavy atom. The van der Waals surface area contributed by atoms with E-state index in [1.54, 1.807) is 0 Å². The molecule has 0 amide bonds. The van der Waals surface area contributed by atoms with Gasteiger partial charge in [-0.3, -0.25) is 0 Å². The maximum absolute atomic E-state index is 11.7. The highest BCUT2D eigenvalue weighted by molar-refractivity contribution is 6.13. The standard InChI is InChI=1S/C12H15NO8/c1-18-7(14)5-6(10(15)19-2)8(11(16)20-3)9(13)12(17)21-4/h5H,13H2,1-4H3/b6-5+,9-8-. The molecule has 0 unspecified atom stereocenters. The summed E-state index contributed by atoms with van der Waals surface area (Å²) in [5, 5.41) is 0. The average molecular weight is 301 g/mol. The van der Waals surface area contributed by atoms with Crippen LogP contribution in [0.25, 0.3) is 0 Å². The first-order chi connectivity index (χ1) is 9.83. The third-order valence-corrected chi connectivity index (χ3v) is 2.20. The number of hydrogen-bond donors (Lipinski definition) is 1. The first kappa shape index (κ1) is 18.2. The summed E-state index contributed by atoms with van der Waals surface area (Å²) in [5.74, 6) is -4.27. The Morgan fingerprint density at radius 1 is 0.762 bits per heavy atom. The molecule has 9 nitrogen and oxygen atoms in total. The predicted molar refractivity (Wildman–Crippen MR) is 67.4 cm³/mol. The molecule has 0 fully saturated rings. The molecule has 0 aliphatic heterocycles. The number of nitrogens with two attached hydrogens (primary N) is 1. The van der Waals surface area contributed by atoms with Crippen molar-refractivity contribution >= 4 is 23.9 Å². The molecule has 0 bridgehead atoms. The highest BCUT2D eigenvalue weighted by atomic mass is 16.5. The third-order valence-electron chi connectivity index (χ3n) is 2.20. The second kappa shape index (κ2) is 8.35. The van der Waals surface area contributed by atoms with E-state index < -0.39 is 40.7 Å². The zero-order valence-corrected chi connectivity index (χ0v) is 11.9. The molecular weight excluding hydrogens is 286 g/mol. The molecule has 116 valence electrons. The van der Waals surface area contributed by atoms with Gasteiger partial charge in [0.1, 0.15) is 11.3 Å². The van der Waals surface area contributed by atoms with E-state index in [1.807, 2.05) is 0 Å². The number of carbonyl (C=O) groups excluding carboxylic acids is 4. The Morgan fingerprint density at radius 3 is 1.62 bits per heavy atom. The molecule has 9 heteroatoms. The van der Waals surface area contributed by atoms with Crippen LogP contribution in [0, 0.1) is 0 Å². The van der Waals surface area contributed by atoms with Gasteiger partial charge in [-0.15, -0.1) is 0 Å². The van der Waals surface area contributed by atoms with Crippen LogP contribution in [0.3, 0.4) is 0 Å². The lowest BCUT2D eigenvalue weighted by atomic mass is 10.0. The lowest BCUT2D eigenvalue weighted by molar-refractivity contribution is -0.141. The van der Waals surface area contributed by atoms with Crippen LogP contribution in [0.4, 0.5) is 0 Å². The number of rotatable bonds is 5. The van der Waals surface area contributed by atoms with Crippen LogP contribution >= 0.6 is 0 Å². The smallest absolute Gasteiger partial charge is 0.354 e. The maximum Gasteiger partial charge on any atom is 0.354 e. The van der Waals surface area contributed by atoms with Crippen LogP contribution in [0.1, 0.15) is 0 Å². The summed E-state index contributed by atoms with van der Waals surface area (Å²) in [6, 6.07) is 0. The fourth-order valence-electron chi connectivity index (χ4n) is 1.20. The van der Waals surface area contributed by atoms with Gasteiger partial charge in [-0.25, -0.2) is 19.2 Å². The van der Waals surface area contributed by atoms with Crippen molar-refractivity contribution in [3.63, 3.8) is 0 Å². The van der Waals surface area contributed by atoms with E-state index in [1.165, 1.54) is 0 Å². The van der Waals surface area contributed by atoms with Gasteiger partial charge >= 0.3 is 23.9 Å². The lowest BCUT2D eigenvalue weighted by Crippen LogP contribution is -2.25. The molecule has 0 aromatic heterocycles. The van der Waals surface area contributed by atoms with Gasteiger partial charge in [0.25, 0.3) is 0 Å². The van der Waals surface area contributed by atoms with E-state index >= 15 is 0 Å². The molecule has 0 spiro atoms. The molecule has 21 heavy (non-hydrogen) atoms. The van der Waals surface area contributed by atoms with Gasteiger partial charge in [-0.1, -0.05) is 0 Å². The molecule has 0 aliphatic rings. The fourth-order valence-corrected chi connectivity index (χ4v) is 1.20. The quantitative estimate of drug-likeness (QED) is 0.288. The van der Waals surface area contributed by atoms with Gasteiger partial charge in [-0.2, -0.15) is 0 Å². The largest absolute Gasteiger partial charge is 0.466 e. The molecule has 0 saturated carbocycles. The molecule has 0 atom stereocenters. The SMILES string of the molecule is COC(=O)/C=C(C(=O)OC)\C(C(=O)OC)=C(\N)C(=O)OC. The molecule has 0 saturated heterocycles. The van der Waals surface area contributed by atoms with E-state index in [2.05, 4.69) is 18.9 Å². The van der Waals surface area contributed by atoms with Gasteiger partial charge in [0.15, 0.2) is 0 Å². The summed E-state index contributed by atoms with van der Waals surface area (Å²) < 4.78 is 17.6. The lowest BCUT2D eigenvalue weighted by Gasteiger charge is -2.11. The van der Waals surface area contributed by atoms with Crippen LogP contribution < -0.4 is 5.73 Å². The second-order valence-electron chi connectivity index (χ2n) is 3.34. The van der Waals surface area contributed by atoms with Gasteiger partial charge in [0.05, 0.1) is 34.0 Å². The van der Waals surface area contributed by atoms with E-state index in [9.17, 15) is 19.2 Å². The summed E-state index contributed by atoms with van der Waals surface area (Å²) in [7, 11) is 4.08. The monoisotopic (exact) mass is 301 g/mol. The summed E-state index contributed by atoms with van der Waals surface area (Å²) in [6.45, 7) is 0. The van der Waals surface area contributed by atoms with Crippen molar-refractivity contribution in [2.24, 2.45) is 5.73 Å². The summed E-state index contributed by atoms with van der Waals surface area (Å²) in [4.78, 5) is 46.1. The van der Waals surface area contributed by atoms with Crippen molar-refractivity contribution in [2.75, 3.05) is 28.4 Å². The average Bonchev–Trinajstić information content (AvgIpc) is 2.51. The van der Waals surface area contributed by atoms with Crippen LogP contribution in [0.2, 0.25) is 0 Å². The van der Waals surface area contributed by atoms with Crippen molar-refractivity contribution in [3.05, 3.63) is 22.9 Å². The van der Waals surface area contributed by atoms with Crippen molar-refractivity contribution in [1.29, 1.82) is 0 Å². The summed E-state index contributed by atoms with van der Waals surface area (Å²) in [5.41, 5.74) is 3.48. The van der Waals surface area contributed by atoms with Crippen LogP contribution in [-0.4, -0.2) is 52.3 Å². The number of ether oxygens (including phenoxy) is 4. The minimum absolute atomic E-state index is 0.598. The first-order valence-corrected chi connectivity index (χ1v) is 5.38. The van der Waals surface area contributed by atoms with Crippen LogP contribution in [0.5, 0.6) is 0 Å². The van der Waals surface area contributed by atoms with E-state index in [0.717, 1.165) is 28.4 Å². The number of hydrogen-bond acceptors (Lipinski definition) is 9. The maximum atomic E-state index is 11.7. The van der Waals surface area contributed by atoms with Crippen molar-refractivity contribution in [2.45, 2.75) is 0 Å². The van der Waals surface area contributed by atoms with E-state index in [0.29, 0.717) is 6.08 Å². The van der Waals surface area contributed by atoms with Gasteiger partial charge < -0.3 is 24.7 Å². The fraction of sp³-hybridized carbons (Fsp3) is 0.333. The third kappa shape index (κ3) is 4.64. The predicted octanol–water partition coefficient (Wildman–Crippen LogP) is -1.18. The summed E-state index contributed by atoms with van der Waals surface area (Å²) >= 11 is 0. The second-order valence-corrected chi connectivity index (χ2v) is 3.34. The minimum atomic E-state index is -1.13. The highest BCUT2D eigenvalue weighted by Gasteiger charge is 2.29. The van der Waals surface area contributed by atoms with Crippen LogP contribution in [-0.2, 0) is 38.1 Å². The molecule has 0 radical (unpaired) electrons. The van der Waals surface area contributed by atoms with Crippen molar-refractivity contribution in [3.8, 4) is 0 Å². The molecule has 2 N–H and O–H groups in total. The Bertz CT molecular complexity index is 517. The zero-order valence-electron chi connectivity index (χ0n) is 11.9. The Hall–Kier alpha value is -2.84. The molecule has 0 aliphatic carbocycles. The Labute approximate surface area is 120 Å². The molecule has 0 aromatic carbocycles. The molecule has 0 aromatic rings. The highest BCUT2D eigenvalue weighted by Crippen LogP contribution is 2.17. The molecular formula is C12H15NO8. The number of carbonyl (C=O) groups is 4. The van der Waals surface area contributed by atoms with Gasteiger partial charge in [0, 0.05) is 6.08 Å². The van der Waals surface area contributed by atoms with Crippen molar-refractivity contribution < 1.29 is 38.1 Å². The molecule has 0 rings (SSSR count). The van der Waals surface area contributed by atoms with Gasteiger partial charge in [-0.05, 0) is 0 Å². The minimum Gasteiger partial charge on any atom is -0.466 e. The molecule has 0 heterocycles. The summed E-state index contributed by atoms with van der Waals surface area (Å²) in [6.07, 6.45) is 0.647. The zero-order chi connectivity index (χ0) is 16.6. The Balaban J connectivity index is 6.25. The Kier molecular flexibility index (Phi) is 7.22. The van der Waals surface area contributed by atoms with Crippen molar-refractivity contribution in [1.82, 2.24) is 0 Å². The first-order valence-electron chi connectivity index (χ1n) is 5.38. The topological polar surface area (TPSA) is 131 Å². The van der Waals surface area contributed by atoms with E-state index in [4.69, 9.17) is 5.73 Å².